The van der Waals surface area contributed by atoms with E-state index in [1.54, 1.807) is 6.07 Å². The van der Waals surface area contributed by atoms with Gasteiger partial charge >= 0.3 is 0 Å². The Kier molecular flexibility index (Phi) is 3.90. The Labute approximate surface area is 115 Å². The Hall–Kier alpha value is -1.50. The molecular formula is C13H10Cl2N2O. The summed E-state index contributed by atoms with van der Waals surface area (Å²) in [6.45, 7) is 0. The van der Waals surface area contributed by atoms with Gasteiger partial charge in [-0.3, -0.25) is 4.79 Å². The summed E-state index contributed by atoms with van der Waals surface area (Å²) < 4.78 is -0.220. The Morgan fingerprint density at radius 1 is 1.33 bits per heavy atom. The third-order valence-electron chi connectivity index (χ3n) is 2.90. The molecule has 3 nitrogen and oxygen atoms in total. The van der Waals surface area contributed by atoms with Gasteiger partial charge in [0.1, 0.15) is 10.6 Å². The second-order valence-corrected chi connectivity index (χ2v) is 5.05. The van der Waals surface area contributed by atoms with Gasteiger partial charge in [0.15, 0.2) is 5.70 Å². The molecule has 92 valence electrons. The molecule has 5 heteroatoms. The molecule has 0 aliphatic heterocycles. The molecule has 1 aliphatic carbocycles. The molecule has 0 radical (unpaired) electrons. The maximum absolute atomic E-state index is 11.8. The Bertz CT molecular complexity index is 530. The van der Waals surface area contributed by atoms with E-state index in [9.17, 15) is 4.79 Å². The van der Waals surface area contributed by atoms with Crippen molar-refractivity contribution in [3.63, 3.8) is 0 Å². The third-order valence-corrected chi connectivity index (χ3v) is 3.28. The van der Waals surface area contributed by atoms with Crippen LogP contribution in [0, 0.1) is 17.2 Å². The molecule has 2 atom stereocenters. The van der Waals surface area contributed by atoms with Crippen LogP contribution in [0.1, 0.15) is 17.9 Å². The molecule has 1 amide bonds. The SMILES string of the molecule is N#CC(NC(=O)[C@@H]1C[C@@H]1c1ccccc1)=C(Cl)Cl. The van der Waals surface area contributed by atoms with E-state index >= 15 is 0 Å². The van der Waals surface area contributed by atoms with Crippen LogP contribution in [0.4, 0.5) is 0 Å². The van der Waals surface area contributed by atoms with Crippen LogP contribution in [0.5, 0.6) is 0 Å². The van der Waals surface area contributed by atoms with Crippen molar-refractivity contribution in [3.05, 3.63) is 46.1 Å². The predicted molar refractivity (Wildman–Crippen MR) is 69.8 cm³/mol. The largest absolute Gasteiger partial charge is 0.315 e. The van der Waals surface area contributed by atoms with Crippen LogP contribution in [-0.4, -0.2) is 5.91 Å². The maximum atomic E-state index is 11.8. The lowest BCUT2D eigenvalue weighted by Gasteiger charge is -2.03. The Balaban J connectivity index is 1.99. The van der Waals surface area contributed by atoms with Gasteiger partial charge in [0.05, 0.1) is 0 Å². The van der Waals surface area contributed by atoms with Gasteiger partial charge in [-0.25, -0.2) is 0 Å². The Morgan fingerprint density at radius 2 is 2.00 bits per heavy atom. The summed E-state index contributed by atoms with van der Waals surface area (Å²) >= 11 is 10.9. The minimum absolute atomic E-state index is 0.0953. The number of nitrogens with one attached hydrogen (secondary N) is 1. The van der Waals surface area contributed by atoms with Crippen LogP contribution in [0.15, 0.2) is 40.5 Å². The average molecular weight is 281 g/mol. The fourth-order valence-corrected chi connectivity index (χ4v) is 2.07. The summed E-state index contributed by atoms with van der Waals surface area (Å²) in [5.41, 5.74) is 1.04. The molecule has 1 aromatic rings. The van der Waals surface area contributed by atoms with E-state index in [2.05, 4.69) is 5.32 Å². The minimum atomic E-state index is -0.220. The van der Waals surface area contributed by atoms with E-state index in [0.717, 1.165) is 12.0 Å². The van der Waals surface area contributed by atoms with Gasteiger partial charge in [-0.05, 0) is 17.9 Å². The molecule has 1 aromatic carbocycles. The monoisotopic (exact) mass is 280 g/mol. The zero-order valence-electron chi connectivity index (χ0n) is 9.36. The minimum Gasteiger partial charge on any atom is -0.315 e. The van der Waals surface area contributed by atoms with Crippen LogP contribution in [0.3, 0.4) is 0 Å². The lowest BCUT2D eigenvalue weighted by molar-refractivity contribution is -0.121. The number of allylic oxidation sites excluding steroid dienone is 1. The number of nitriles is 1. The highest BCUT2D eigenvalue weighted by Crippen LogP contribution is 2.47. The standard InChI is InChI=1S/C13H10Cl2N2O/c14-12(15)11(7-16)17-13(18)10-6-9(10)8-4-2-1-3-5-8/h1-5,9-10H,6H2,(H,17,18)/t9-,10-/m1/s1. The van der Waals surface area contributed by atoms with Crippen molar-refractivity contribution < 1.29 is 4.79 Å². The van der Waals surface area contributed by atoms with E-state index in [0.29, 0.717) is 0 Å². The molecule has 0 heterocycles. The molecule has 1 fully saturated rings. The van der Waals surface area contributed by atoms with Gasteiger partial charge < -0.3 is 5.32 Å². The van der Waals surface area contributed by atoms with E-state index in [-0.39, 0.29) is 27.9 Å². The molecule has 1 aliphatic rings. The van der Waals surface area contributed by atoms with Gasteiger partial charge in [-0.1, -0.05) is 53.5 Å². The van der Waals surface area contributed by atoms with Crippen molar-refractivity contribution in [1.82, 2.24) is 5.32 Å². The summed E-state index contributed by atoms with van der Waals surface area (Å²) in [4.78, 5) is 11.8. The van der Waals surface area contributed by atoms with Crippen LogP contribution in [0.2, 0.25) is 0 Å². The fraction of sp³-hybridized carbons (Fsp3) is 0.231. The predicted octanol–water partition coefficient (Wildman–Crippen LogP) is 3.08. The quantitative estimate of drug-likeness (QED) is 0.865. The van der Waals surface area contributed by atoms with E-state index in [1.165, 1.54) is 0 Å². The molecule has 0 saturated heterocycles. The van der Waals surface area contributed by atoms with Gasteiger partial charge in [-0.15, -0.1) is 0 Å². The number of hydrogen-bond acceptors (Lipinski definition) is 2. The van der Waals surface area contributed by atoms with Gasteiger partial charge in [0.2, 0.25) is 5.91 Å². The highest BCUT2D eigenvalue weighted by atomic mass is 35.5. The number of hydrogen-bond donors (Lipinski definition) is 1. The fourth-order valence-electron chi connectivity index (χ4n) is 1.89. The van der Waals surface area contributed by atoms with Crippen molar-refractivity contribution in [2.75, 3.05) is 0 Å². The van der Waals surface area contributed by atoms with Crippen molar-refractivity contribution in [2.45, 2.75) is 12.3 Å². The van der Waals surface area contributed by atoms with E-state index in [4.69, 9.17) is 28.5 Å². The maximum Gasteiger partial charge on any atom is 0.228 e. The molecule has 0 aromatic heterocycles. The van der Waals surface area contributed by atoms with Gasteiger partial charge in [-0.2, -0.15) is 5.26 Å². The number of nitrogens with zero attached hydrogens (tertiary/aromatic N) is 1. The topological polar surface area (TPSA) is 52.9 Å². The zero-order valence-corrected chi connectivity index (χ0v) is 10.9. The molecule has 1 saturated carbocycles. The highest BCUT2D eigenvalue weighted by Gasteiger charge is 2.44. The molecular weight excluding hydrogens is 271 g/mol. The van der Waals surface area contributed by atoms with Gasteiger partial charge in [0, 0.05) is 5.92 Å². The second kappa shape index (κ2) is 5.43. The van der Waals surface area contributed by atoms with E-state index in [1.807, 2.05) is 30.3 Å². The molecule has 0 unspecified atom stereocenters. The number of benzene rings is 1. The zero-order chi connectivity index (χ0) is 13.1. The lowest BCUT2D eigenvalue weighted by atomic mass is 10.1. The number of carbonyl (C=O) groups is 1. The van der Waals surface area contributed by atoms with Crippen molar-refractivity contribution in [1.29, 1.82) is 5.26 Å². The normalized spacial score (nSPS) is 20.7. The van der Waals surface area contributed by atoms with Crippen molar-refractivity contribution in [2.24, 2.45) is 5.92 Å². The number of amides is 1. The molecule has 1 N–H and O–H groups in total. The number of carbonyl (C=O) groups excluding carboxylic acids is 1. The first-order chi connectivity index (χ1) is 8.63. The summed E-state index contributed by atoms with van der Waals surface area (Å²) in [6, 6.07) is 11.6. The first-order valence-electron chi connectivity index (χ1n) is 5.44. The molecule has 18 heavy (non-hydrogen) atoms. The number of halogens is 2. The van der Waals surface area contributed by atoms with Crippen LogP contribution >= 0.6 is 23.2 Å². The Morgan fingerprint density at radius 3 is 2.56 bits per heavy atom. The summed E-state index contributed by atoms with van der Waals surface area (Å²) in [5, 5.41) is 11.2. The first kappa shape index (κ1) is 12.9. The van der Waals surface area contributed by atoms with Gasteiger partial charge in [0.25, 0.3) is 0 Å². The summed E-state index contributed by atoms with van der Waals surface area (Å²) in [5.74, 6) is -0.0946. The van der Waals surface area contributed by atoms with Crippen LogP contribution in [-0.2, 0) is 4.79 Å². The molecule has 0 spiro atoms. The number of rotatable bonds is 3. The van der Waals surface area contributed by atoms with Crippen LogP contribution < -0.4 is 5.32 Å². The lowest BCUT2D eigenvalue weighted by Crippen LogP contribution is -2.24. The summed E-state index contributed by atoms with van der Waals surface area (Å²) in [7, 11) is 0. The van der Waals surface area contributed by atoms with Crippen molar-refractivity contribution in [3.8, 4) is 6.07 Å². The summed E-state index contributed by atoms with van der Waals surface area (Å²) in [6.07, 6.45) is 0.786. The third kappa shape index (κ3) is 2.84. The first-order valence-corrected chi connectivity index (χ1v) is 6.20. The second-order valence-electron chi connectivity index (χ2n) is 4.10. The van der Waals surface area contributed by atoms with E-state index < -0.39 is 0 Å². The van der Waals surface area contributed by atoms with Crippen molar-refractivity contribution >= 4 is 29.1 Å². The highest BCUT2D eigenvalue weighted by molar-refractivity contribution is 6.56. The van der Waals surface area contributed by atoms with Crippen LogP contribution in [0.25, 0.3) is 0 Å². The average Bonchev–Trinajstić information content (AvgIpc) is 3.16. The molecule has 0 bridgehead atoms. The smallest absolute Gasteiger partial charge is 0.228 e. The molecule has 2 rings (SSSR count).